The minimum Gasteiger partial charge on any atom is -0.469 e. The highest BCUT2D eigenvalue weighted by Crippen LogP contribution is 2.18. The zero-order valence-corrected chi connectivity index (χ0v) is 12.5. The average molecular weight is 275 g/mol. The molecule has 0 amide bonds. The van der Waals surface area contributed by atoms with Crippen LogP contribution >= 0.6 is 0 Å². The molecule has 1 heterocycles. The van der Waals surface area contributed by atoms with Gasteiger partial charge in [-0.05, 0) is 32.9 Å². The molecule has 0 radical (unpaired) electrons. The first-order chi connectivity index (χ1) is 8.54. The van der Waals surface area contributed by atoms with E-state index in [1.165, 1.54) is 26.4 Å². The quantitative estimate of drug-likeness (QED) is 0.688. The van der Waals surface area contributed by atoms with E-state index in [9.17, 15) is 9.00 Å². The van der Waals surface area contributed by atoms with Crippen LogP contribution in [0.3, 0.4) is 0 Å². The van der Waals surface area contributed by atoms with Gasteiger partial charge in [-0.3, -0.25) is 9.00 Å². The Labute approximate surface area is 113 Å². The number of nitrogens with zero attached hydrogens (tertiary/aromatic N) is 1. The number of likely N-dealkylation sites (tertiary alicyclic amines) is 1. The number of carbonyl (C=O) groups excluding carboxylic acids is 1. The van der Waals surface area contributed by atoms with Crippen LogP contribution in [0, 0.1) is 5.92 Å². The van der Waals surface area contributed by atoms with E-state index in [1.54, 1.807) is 6.92 Å². The summed E-state index contributed by atoms with van der Waals surface area (Å²) in [4.78, 5) is 13.6. The first-order valence-electron chi connectivity index (χ1n) is 6.67. The average Bonchev–Trinajstić information content (AvgIpc) is 2.36. The predicted molar refractivity (Wildman–Crippen MR) is 73.9 cm³/mol. The number of ether oxygens (including phenoxy) is 1. The summed E-state index contributed by atoms with van der Waals surface area (Å²) in [5, 5.41) is 0. The molecule has 0 aliphatic carbocycles. The molecule has 1 aliphatic heterocycles. The Morgan fingerprint density at radius 1 is 1.50 bits per heavy atom. The molecule has 1 saturated heterocycles. The highest BCUT2D eigenvalue weighted by molar-refractivity contribution is 7.85. The van der Waals surface area contributed by atoms with Gasteiger partial charge in [0.2, 0.25) is 0 Å². The van der Waals surface area contributed by atoms with E-state index in [2.05, 4.69) is 16.7 Å². The fourth-order valence-electron chi connectivity index (χ4n) is 2.41. The first-order valence-corrected chi connectivity index (χ1v) is 8.16. The summed E-state index contributed by atoms with van der Waals surface area (Å²) in [6.07, 6.45) is 4.73. The van der Waals surface area contributed by atoms with E-state index in [4.69, 9.17) is 0 Å². The fraction of sp³-hybridized carbons (Fsp3) is 0.923. The first kappa shape index (κ1) is 15.6. The van der Waals surface area contributed by atoms with Crippen molar-refractivity contribution in [1.82, 2.24) is 4.90 Å². The summed E-state index contributed by atoms with van der Waals surface area (Å²) in [7, 11) is 2.60. The lowest BCUT2D eigenvalue weighted by atomic mass is 10.0. The van der Waals surface area contributed by atoms with Crippen LogP contribution in [0.4, 0.5) is 0 Å². The summed E-state index contributed by atoms with van der Waals surface area (Å²) in [6.45, 7) is 2.92. The van der Waals surface area contributed by atoms with Crippen molar-refractivity contribution in [2.75, 3.05) is 32.2 Å². The smallest absolute Gasteiger partial charge is 0.309 e. The van der Waals surface area contributed by atoms with Crippen molar-refractivity contribution in [3.8, 4) is 0 Å². The number of carbonyl (C=O) groups is 1. The molecule has 0 aromatic rings. The van der Waals surface area contributed by atoms with Crippen molar-refractivity contribution in [2.45, 2.75) is 38.6 Å². The van der Waals surface area contributed by atoms with Crippen LogP contribution in [0.5, 0.6) is 0 Å². The molecule has 3 atom stereocenters. The van der Waals surface area contributed by atoms with Crippen molar-refractivity contribution >= 4 is 16.8 Å². The Morgan fingerprint density at radius 2 is 2.22 bits per heavy atom. The van der Waals surface area contributed by atoms with E-state index < -0.39 is 10.8 Å². The zero-order valence-electron chi connectivity index (χ0n) is 11.7. The highest BCUT2D eigenvalue weighted by atomic mass is 32.2. The van der Waals surface area contributed by atoms with E-state index in [0.29, 0.717) is 17.5 Å². The Balaban J connectivity index is 2.26. The Hall–Kier alpha value is -0.420. The van der Waals surface area contributed by atoms with Gasteiger partial charge in [0.15, 0.2) is 0 Å². The molecule has 4 nitrogen and oxygen atoms in total. The minimum absolute atomic E-state index is 0.264. The number of piperidine rings is 1. The lowest BCUT2D eigenvalue weighted by Gasteiger charge is -2.32. The third-order valence-corrected chi connectivity index (χ3v) is 5.20. The van der Waals surface area contributed by atoms with Gasteiger partial charge in [-0.2, -0.15) is 0 Å². The van der Waals surface area contributed by atoms with E-state index in [-0.39, 0.29) is 11.9 Å². The van der Waals surface area contributed by atoms with E-state index in [1.807, 2.05) is 0 Å². The van der Waals surface area contributed by atoms with Gasteiger partial charge in [0.1, 0.15) is 0 Å². The van der Waals surface area contributed by atoms with Crippen LogP contribution in [-0.2, 0) is 20.3 Å². The van der Waals surface area contributed by atoms with Crippen molar-refractivity contribution in [3.05, 3.63) is 0 Å². The van der Waals surface area contributed by atoms with Crippen molar-refractivity contribution < 1.29 is 13.7 Å². The van der Waals surface area contributed by atoms with E-state index in [0.717, 1.165) is 13.0 Å². The van der Waals surface area contributed by atoms with Gasteiger partial charge in [-0.1, -0.05) is 13.3 Å². The van der Waals surface area contributed by atoms with Crippen LogP contribution in [0.1, 0.15) is 32.6 Å². The molecule has 1 rings (SSSR count). The van der Waals surface area contributed by atoms with Gasteiger partial charge < -0.3 is 9.64 Å². The second-order valence-corrected chi connectivity index (χ2v) is 6.77. The summed E-state index contributed by atoms with van der Waals surface area (Å²) >= 11 is 0. The largest absolute Gasteiger partial charge is 0.469 e. The normalized spacial score (nSPS) is 24.5. The maximum absolute atomic E-state index is 11.9. The van der Waals surface area contributed by atoms with Crippen LogP contribution in [0.15, 0.2) is 0 Å². The predicted octanol–water partition coefficient (Wildman–Crippen LogP) is 1.42. The standard InChI is InChI=1S/C13H25NO3S/c1-11(13(15)17-3)10-18(16)9-7-12-6-4-5-8-14(12)2/h11-12H,4-10H2,1-3H3. The number of rotatable bonds is 6. The number of hydrogen-bond acceptors (Lipinski definition) is 4. The summed E-state index contributed by atoms with van der Waals surface area (Å²) in [5.74, 6) is 0.581. The molecule has 1 fully saturated rings. The molecule has 0 saturated carbocycles. The molecule has 3 unspecified atom stereocenters. The van der Waals surface area contributed by atoms with Gasteiger partial charge in [0.25, 0.3) is 0 Å². The number of hydrogen-bond donors (Lipinski definition) is 0. The molecular formula is C13H25NO3S. The van der Waals surface area contributed by atoms with Gasteiger partial charge in [0, 0.05) is 28.3 Å². The van der Waals surface area contributed by atoms with Crippen LogP contribution < -0.4 is 0 Å². The molecule has 1 aliphatic rings. The molecule has 0 spiro atoms. The van der Waals surface area contributed by atoms with Gasteiger partial charge in [-0.15, -0.1) is 0 Å². The van der Waals surface area contributed by atoms with Crippen molar-refractivity contribution in [2.24, 2.45) is 5.92 Å². The minimum atomic E-state index is -0.916. The van der Waals surface area contributed by atoms with Gasteiger partial charge >= 0.3 is 5.97 Å². The maximum atomic E-state index is 11.9. The summed E-state index contributed by atoms with van der Waals surface area (Å²) in [5.41, 5.74) is 0. The van der Waals surface area contributed by atoms with Gasteiger partial charge in [0.05, 0.1) is 13.0 Å². The molecule has 18 heavy (non-hydrogen) atoms. The molecule has 0 bridgehead atoms. The molecule has 0 aromatic carbocycles. The summed E-state index contributed by atoms with van der Waals surface area (Å²) < 4.78 is 16.6. The second-order valence-electron chi connectivity index (χ2n) is 5.15. The lowest BCUT2D eigenvalue weighted by molar-refractivity contribution is -0.144. The molecule has 0 aromatic heterocycles. The zero-order chi connectivity index (χ0) is 13.5. The summed E-state index contributed by atoms with van der Waals surface area (Å²) in [6, 6.07) is 0.566. The third kappa shape index (κ3) is 5.06. The van der Waals surface area contributed by atoms with E-state index >= 15 is 0 Å². The Kier molecular flexibility index (Phi) is 6.86. The molecule has 0 N–H and O–H groups in total. The van der Waals surface area contributed by atoms with Crippen molar-refractivity contribution in [1.29, 1.82) is 0 Å². The fourth-order valence-corrected chi connectivity index (χ4v) is 3.80. The number of esters is 1. The lowest BCUT2D eigenvalue weighted by Crippen LogP contribution is -2.37. The second kappa shape index (κ2) is 7.89. The molecule has 106 valence electrons. The van der Waals surface area contributed by atoms with Crippen LogP contribution in [0.25, 0.3) is 0 Å². The molecule has 5 heteroatoms. The number of methoxy groups -OCH3 is 1. The molecular weight excluding hydrogens is 250 g/mol. The topological polar surface area (TPSA) is 46.6 Å². The SMILES string of the molecule is COC(=O)C(C)CS(=O)CCC1CCCCN1C. The highest BCUT2D eigenvalue weighted by Gasteiger charge is 2.21. The van der Waals surface area contributed by atoms with Crippen LogP contribution in [-0.4, -0.2) is 53.3 Å². The Morgan fingerprint density at radius 3 is 2.83 bits per heavy atom. The van der Waals surface area contributed by atoms with Gasteiger partial charge in [-0.25, -0.2) is 0 Å². The monoisotopic (exact) mass is 275 g/mol. The van der Waals surface area contributed by atoms with Crippen molar-refractivity contribution in [3.63, 3.8) is 0 Å². The third-order valence-electron chi connectivity index (χ3n) is 3.64. The maximum Gasteiger partial charge on any atom is 0.309 e. The Bertz CT molecular complexity index is 296. The van der Waals surface area contributed by atoms with Crippen LogP contribution in [0.2, 0.25) is 0 Å².